The van der Waals surface area contributed by atoms with Gasteiger partial charge in [-0.2, -0.15) is 0 Å². The maximum atomic E-state index is 11.4. The van der Waals surface area contributed by atoms with Crippen molar-refractivity contribution in [2.45, 2.75) is 13.2 Å². The monoisotopic (exact) mass is 194 g/mol. The molecule has 0 unspecified atom stereocenters. The van der Waals surface area contributed by atoms with Crippen LogP contribution in [-0.4, -0.2) is 13.6 Å². The van der Waals surface area contributed by atoms with Crippen LogP contribution in [-0.2, 0) is 0 Å². The zero-order valence-corrected chi connectivity index (χ0v) is 8.66. The molecular weight excluding hydrogens is 183 g/mol. The number of aryl methyl sites for hydroxylation is 1. The van der Waals surface area contributed by atoms with Gasteiger partial charge in [0.05, 0.1) is 7.85 Å². The van der Waals surface area contributed by atoms with E-state index in [1.165, 1.54) is 5.56 Å². The topological polar surface area (TPSA) is 17.1 Å². The number of carbonyl (C=O) groups is 1. The molecule has 0 aliphatic heterocycles. The second-order valence-corrected chi connectivity index (χ2v) is 3.69. The average Bonchev–Trinajstić information content (AvgIpc) is 2.27. The second kappa shape index (κ2) is 3.89. The Labute approximate surface area is 90.5 Å². The van der Waals surface area contributed by atoms with Gasteiger partial charge in [-0.05, 0) is 30.1 Å². The molecule has 0 aliphatic carbocycles. The predicted octanol–water partition coefficient (Wildman–Crippen LogP) is 2.92. The summed E-state index contributed by atoms with van der Waals surface area (Å²) in [5.74, 6) is -0.0162. The van der Waals surface area contributed by atoms with Crippen LogP contribution in [0.2, 0.25) is 6.32 Å². The number of Topliss-reactive ketones (excluding diaryl/α,β-unsaturated/α-hetero) is 1. The first-order valence-corrected chi connectivity index (χ1v) is 4.94. The van der Waals surface area contributed by atoms with Gasteiger partial charge < -0.3 is 0 Å². The quantitative estimate of drug-likeness (QED) is 0.530. The molecule has 0 N–H and O–H groups in total. The first-order chi connectivity index (χ1) is 7.20. The number of ketones is 1. The fraction of sp³-hybridized carbons (Fsp3) is 0.154. The molecule has 1 nitrogen and oxygen atoms in total. The van der Waals surface area contributed by atoms with E-state index < -0.39 is 0 Å². The van der Waals surface area contributed by atoms with Crippen LogP contribution in [0.1, 0.15) is 15.9 Å². The van der Waals surface area contributed by atoms with Crippen molar-refractivity contribution in [2.75, 3.05) is 0 Å². The zero-order chi connectivity index (χ0) is 10.8. The number of hydrogen-bond donors (Lipinski definition) is 0. The number of hydrogen-bond acceptors (Lipinski definition) is 1. The molecule has 0 fully saturated rings. The number of fused-ring (bicyclic) bond motifs is 1. The normalized spacial score (nSPS) is 10.5. The molecule has 0 aliphatic rings. The molecule has 2 aromatic rings. The molecule has 0 saturated heterocycles. The molecule has 0 spiro atoms. The van der Waals surface area contributed by atoms with Gasteiger partial charge in [0.1, 0.15) is 0 Å². The minimum Gasteiger partial charge on any atom is -0.295 e. The van der Waals surface area contributed by atoms with E-state index in [2.05, 4.69) is 13.0 Å². The van der Waals surface area contributed by atoms with E-state index in [9.17, 15) is 4.79 Å². The van der Waals surface area contributed by atoms with Crippen molar-refractivity contribution in [2.24, 2.45) is 0 Å². The summed E-state index contributed by atoms with van der Waals surface area (Å²) < 4.78 is 0. The van der Waals surface area contributed by atoms with Gasteiger partial charge in [0.25, 0.3) is 0 Å². The fourth-order valence-electron chi connectivity index (χ4n) is 1.66. The molecule has 72 valence electrons. The highest BCUT2D eigenvalue weighted by Crippen LogP contribution is 2.18. The summed E-state index contributed by atoms with van der Waals surface area (Å²) in [5.41, 5.74) is 1.91. The van der Waals surface area contributed by atoms with Crippen LogP contribution < -0.4 is 0 Å². The lowest BCUT2D eigenvalue weighted by Crippen LogP contribution is -1.96. The molecule has 2 radical (unpaired) electrons. The Morgan fingerprint density at radius 3 is 2.53 bits per heavy atom. The van der Waals surface area contributed by atoms with E-state index in [0.717, 1.165) is 10.8 Å². The molecule has 2 aromatic carbocycles. The average molecular weight is 194 g/mol. The largest absolute Gasteiger partial charge is 0.295 e. The number of benzene rings is 2. The van der Waals surface area contributed by atoms with Gasteiger partial charge in [-0.25, -0.2) is 0 Å². The molecular formula is C13H11BO. The van der Waals surface area contributed by atoms with Crippen molar-refractivity contribution in [1.82, 2.24) is 0 Å². The molecule has 0 amide bonds. The van der Waals surface area contributed by atoms with Crippen LogP contribution in [0.15, 0.2) is 36.4 Å². The molecule has 0 bridgehead atoms. The minimum absolute atomic E-state index is 0.0162. The van der Waals surface area contributed by atoms with Gasteiger partial charge in [-0.15, -0.1) is 0 Å². The number of carbonyl (C=O) groups excluding carboxylic acids is 1. The van der Waals surface area contributed by atoms with Gasteiger partial charge >= 0.3 is 0 Å². The molecule has 2 rings (SSSR count). The van der Waals surface area contributed by atoms with E-state index in [4.69, 9.17) is 7.85 Å². The van der Waals surface area contributed by atoms with Crippen molar-refractivity contribution in [3.8, 4) is 0 Å². The maximum absolute atomic E-state index is 11.4. The van der Waals surface area contributed by atoms with E-state index in [-0.39, 0.29) is 12.1 Å². The predicted molar refractivity (Wildman–Crippen MR) is 63.6 cm³/mol. The molecule has 0 aromatic heterocycles. The summed E-state index contributed by atoms with van der Waals surface area (Å²) in [6, 6.07) is 11.9. The van der Waals surface area contributed by atoms with E-state index in [0.29, 0.717) is 5.56 Å². The first-order valence-electron chi connectivity index (χ1n) is 4.94. The Hall–Kier alpha value is -1.57. The Bertz CT molecular complexity index is 517. The lowest BCUT2D eigenvalue weighted by atomic mass is 9.94. The third-order valence-corrected chi connectivity index (χ3v) is 2.50. The van der Waals surface area contributed by atoms with Crippen LogP contribution in [0, 0.1) is 6.92 Å². The summed E-state index contributed by atoms with van der Waals surface area (Å²) in [4.78, 5) is 11.4. The van der Waals surface area contributed by atoms with Crippen molar-refractivity contribution < 1.29 is 4.79 Å². The lowest BCUT2D eigenvalue weighted by molar-refractivity contribution is 0.101. The van der Waals surface area contributed by atoms with E-state index >= 15 is 0 Å². The Balaban J connectivity index is 2.57. The van der Waals surface area contributed by atoms with Crippen LogP contribution in [0.4, 0.5) is 0 Å². The van der Waals surface area contributed by atoms with Crippen LogP contribution >= 0.6 is 0 Å². The standard InChI is InChI=1S/C13H11BO/c1-9-2-3-11-7-12(13(15)8-14)5-4-10(11)6-9/h2-7H,8H2,1H3. The molecule has 0 heterocycles. The molecule has 2 heteroatoms. The van der Waals surface area contributed by atoms with Gasteiger partial charge in [-0.1, -0.05) is 35.9 Å². The number of rotatable bonds is 2. The Morgan fingerprint density at radius 1 is 1.13 bits per heavy atom. The van der Waals surface area contributed by atoms with Crippen LogP contribution in [0.5, 0.6) is 0 Å². The highest BCUT2D eigenvalue weighted by Gasteiger charge is 2.03. The summed E-state index contributed by atoms with van der Waals surface area (Å²) in [5, 5.41) is 2.24. The van der Waals surface area contributed by atoms with E-state index in [1.54, 1.807) is 0 Å². The SMILES string of the molecule is [B]CC(=O)c1ccc2cc(C)ccc2c1. The molecule has 15 heavy (non-hydrogen) atoms. The van der Waals surface area contributed by atoms with Gasteiger partial charge in [-0.3, -0.25) is 4.79 Å². The van der Waals surface area contributed by atoms with Gasteiger partial charge in [0, 0.05) is 5.56 Å². The highest BCUT2D eigenvalue weighted by molar-refractivity contribution is 6.24. The fourth-order valence-corrected chi connectivity index (χ4v) is 1.66. The maximum Gasteiger partial charge on any atom is 0.154 e. The molecule has 0 atom stereocenters. The second-order valence-electron chi connectivity index (χ2n) is 3.69. The Morgan fingerprint density at radius 2 is 1.80 bits per heavy atom. The Kier molecular flexibility index (Phi) is 2.59. The minimum atomic E-state index is -0.0162. The summed E-state index contributed by atoms with van der Waals surface area (Å²) in [6.07, 6.45) is 0.0668. The van der Waals surface area contributed by atoms with Crippen molar-refractivity contribution in [3.05, 3.63) is 47.5 Å². The first kappa shape index (κ1) is 9.97. The van der Waals surface area contributed by atoms with Crippen molar-refractivity contribution in [1.29, 1.82) is 0 Å². The van der Waals surface area contributed by atoms with Gasteiger partial charge in [0.15, 0.2) is 5.78 Å². The molecule has 0 saturated carbocycles. The summed E-state index contributed by atoms with van der Waals surface area (Å²) >= 11 is 0. The third-order valence-electron chi connectivity index (χ3n) is 2.50. The van der Waals surface area contributed by atoms with Crippen LogP contribution in [0.3, 0.4) is 0 Å². The lowest BCUT2D eigenvalue weighted by Gasteiger charge is -2.02. The summed E-state index contributed by atoms with van der Waals surface area (Å²) in [7, 11) is 5.32. The smallest absolute Gasteiger partial charge is 0.154 e. The highest BCUT2D eigenvalue weighted by atomic mass is 16.1. The third kappa shape index (κ3) is 1.94. The zero-order valence-electron chi connectivity index (χ0n) is 8.66. The van der Waals surface area contributed by atoms with Crippen molar-refractivity contribution in [3.63, 3.8) is 0 Å². The summed E-state index contributed by atoms with van der Waals surface area (Å²) in [6.45, 7) is 2.05. The van der Waals surface area contributed by atoms with Crippen LogP contribution in [0.25, 0.3) is 10.8 Å². The van der Waals surface area contributed by atoms with Crippen molar-refractivity contribution >= 4 is 24.4 Å². The van der Waals surface area contributed by atoms with Gasteiger partial charge in [0.2, 0.25) is 0 Å². The van der Waals surface area contributed by atoms with E-state index in [1.807, 2.05) is 30.3 Å².